The molecule has 1 heterocycles. The number of rotatable bonds is 5. The Kier molecular flexibility index (Phi) is 6.82. The summed E-state index contributed by atoms with van der Waals surface area (Å²) in [6.45, 7) is 3.59. The van der Waals surface area contributed by atoms with E-state index in [-0.39, 0.29) is 11.8 Å². The predicted octanol–water partition coefficient (Wildman–Crippen LogP) is 3.54. The molecule has 0 atom stereocenters. The van der Waals surface area contributed by atoms with E-state index < -0.39 is 0 Å². The normalized spacial score (nSPS) is 13.9. The Hall–Kier alpha value is -3.95. The quantitative estimate of drug-likeness (QED) is 0.661. The van der Waals surface area contributed by atoms with Gasteiger partial charge in [0, 0.05) is 49.4 Å². The molecule has 6 heteroatoms. The minimum atomic E-state index is -0.212. The third-order valence-electron chi connectivity index (χ3n) is 5.95. The molecule has 0 bridgehead atoms. The molecule has 3 aromatic rings. The predicted molar refractivity (Wildman–Crippen MR) is 128 cm³/mol. The summed E-state index contributed by atoms with van der Waals surface area (Å²) in [4.78, 5) is 29.8. The van der Waals surface area contributed by atoms with Crippen LogP contribution in [-0.2, 0) is 6.54 Å². The minimum absolute atomic E-state index is 0.0452. The summed E-state index contributed by atoms with van der Waals surface area (Å²) in [6.07, 6.45) is 0. The fourth-order valence-corrected chi connectivity index (χ4v) is 3.97. The van der Waals surface area contributed by atoms with Crippen molar-refractivity contribution in [2.75, 3.05) is 33.2 Å². The minimum Gasteiger partial charge on any atom is -0.348 e. The molecular weight excluding hydrogens is 412 g/mol. The summed E-state index contributed by atoms with van der Waals surface area (Å²) < 4.78 is 0. The van der Waals surface area contributed by atoms with Gasteiger partial charge in [0.2, 0.25) is 0 Å². The first-order valence-corrected chi connectivity index (χ1v) is 11.0. The Bertz CT molecular complexity index is 1190. The van der Waals surface area contributed by atoms with Gasteiger partial charge in [-0.05, 0) is 42.4 Å². The summed E-state index contributed by atoms with van der Waals surface area (Å²) in [5.74, 6) is -0.167. The van der Waals surface area contributed by atoms with Crippen LogP contribution in [0, 0.1) is 11.3 Å². The highest BCUT2D eigenvalue weighted by atomic mass is 16.2. The van der Waals surface area contributed by atoms with E-state index in [1.54, 1.807) is 12.1 Å². The highest BCUT2D eigenvalue weighted by Crippen LogP contribution is 2.27. The summed E-state index contributed by atoms with van der Waals surface area (Å²) in [6, 6.07) is 24.1. The van der Waals surface area contributed by atoms with Crippen molar-refractivity contribution < 1.29 is 9.59 Å². The van der Waals surface area contributed by atoms with Gasteiger partial charge in [0.05, 0.1) is 11.6 Å². The van der Waals surface area contributed by atoms with Crippen molar-refractivity contribution in [2.24, 2.45) is 0 Å². The van der Waals surface area contributed by atoms with Crippen molar-refractivity contribution in [1.82, 2.24) is 15.1 Å². The van der Waals surface area contributed by atoms with Crippen molar-refractivity contribution in [3.05, 3.63) is 95.1 Å². The van der Waals surface area contributed by atoms with Crippen LogP contribution >= 0.6 is 0 Å². The lowest BCUT2D eigenvalue weighted by Gasteiger charge is -2.32. The molecule has 2 amide bonds. The van der Waals surface area contributed by atoms with E-state index in [9.17, 15) is 14.9 Å². The summed E-state index contributed by atoms with van der Waals surface area (Å²) in [5, 5.41) is 12.4. The van der Waals surface area contributed by atoms with Crippen LogP contribution in [-0.4, -0.2) is 54.8 Å². The standard InChI is InChI=1S/C27H26N4O2/c1-30-14-16-31(17-15-30)27(33)21-12-10-20(11-13-21)19-29-26(32)25-9-5-4-8-24(25)23-7-3-2-6-22(23)18-28/h2-13H,14-17,19H2,1H3,(H,29,32). The third kappa shape index (κ3) is 5.11. The maximum atomic E-state index is 13.0. The number of benzene rings is 3. The lowest BCUT2D eigenvalue weighted by Crippen LogP contribution is -2.47. The van der Waals surface area contributed by atoms with E-state index >= 15 is 0 Å². The Morgan fingerprint density at radius 1 is 0.879 bits per heavy atom. The topological polar surface area (TPSA) is 76.4 Å². The van der Waals surface area contributed by atoms with Gasteiger partial charge in [-0.2, -0.15) is 5.26 Å². The van der Waals surface area contributed by atoms with Gasteiger partial charge in [0.15, 0.2) is 0 Å². The maximum absolute atomic E-state index is 13.0. The van der Waals surface area contributed by atoms with Gasteiger partial charge < -0.3 is 15.1 Å². The molecular formula is C27H26N4O2. The molecule has 166 valence electrons. The van der Waals surface area contributed by atoms with Crippen LogP contribution in [0.3, 0.4) is 0 Å². The fraction of sp³-hybridized carbons (Fsp3) is 0.222. The highest BCUT2D eigenvalue weighted by Gasteiger charge is 2.20. The average Bonchev–Trinajstić information content (AvgIpc) is 2.87. The second-order valence-corrected chi connectivity index (χ2v) is 8.18. The van der Waals surface area contributed by atoms with E-state index in [1.807, 2.05) is 65.6 Å². The number of piperazine rings is 1. The molecule has 1 fully saturated rings. The first kappa shape index (κ1) is 22.3. The first-order chi connectivity index (χ1) is 16.1. The second kappa shape index (κ2) is 10.1. The van der Waals surface area contributed by atoms with E-state index in [2.05, 4.69) is 23.3 Å². The Morgan fingerprint density at radius 2 is 1.52 bits per heavy atom. The number of nitrogens with zero attached hydrogens (tertiary/aromatic N) is 3. The molecule has 33 heavy (non-hydrogen) atoms. The zero-order valence-electron chi connectivity index (χ0n) is 18.6. The molecule has 1 saturated heterocycles. The van der Waals surface area contributed by atoms with Crippen LogP contribution in [0.15, 0.2) is 72.8 Å². The number of nitrogens with one attached hydrogen (secondary N) is 1. The SMILES string of the molecule is CN1CCN(C(=O)c2ccc(CNC(=O)c3ccccc3-c3ccccc3C#N)cc2)CC1. The van der Waals surface area contributed by atoms with Crippen LogP contribution in [0.4, 0.5) is 0 Å². The number of carbonyl (C=O) groups excluding carboxylic acids is 2. The van der Waals surface area contributed by atoms with Gasteiger partial charge in [0.25, 0.3) is 11.8 Å². The van der Waals surface area contributed by atoms with Gasteiger partial charge in [-0.15, -0.1) is 0 Å². The largest absolute Gasteiger partial charge is 0.348 e. The summed E-state index contributed by atoms with van der Waals surface area (Å²) in [7, 11) is 2.06. The number of likely N-dealkylation sites (N-methyl/N-ethyl adjacent to an activating group) is 1. The molecule has 0 spiro atoms. The fourth-order valence-electron chi connectivity index (χ4n) is 3.97. The van der Waals surface area contributed by atoms with Gasteiger partial charge in [-0.25, -0.2) is 0 Å². The maximum Gasteiger partial charge on any atom is 0.253 e. The first-order valence-electron chi connectivity index (χ1n) is 11.0. The molecule has 4 rings (SSSR count). The van der Waals surface area contributed by atoms with Crippen LogP contribution in [0.2, 0.25) is 0 Å². The second-order valence-electron chi connectivity index (χ2n) is 8.18. The van der Waals surface area contributed by atoms with Crippen LogP contribution in [0.5, 0.6) is 0 Å². The molecule has 1 aliphatic rings. The monoisotopic (exact) mass is 438 g/mol. The molecule has 1 aliphatic heterocycles. The Balaban J connectivity index is 1.43. The third-order valence-corrected chi connectivity index (χ3v) is 5.95. The van der Waals surface area contributed by atoms with E-state index in [1.165, 1.54) is 0 Å². The van der Waals surface area contributed by atoms with E-state index in [0.717, 1.165) is 42.9 Å². The molecule has 0 aliphatic carbocycles. The van der Waals surface area contributed by atoms with Gasteiger partial charge >= 0.3 is 0 Å². The van der Waals surface area contributed by atoms with Crippen LogP contribution in [0.1, 0.15) is 31.8 Å². The summed E-state index contributed by atoms with van der Waals surface area (Å²) in [5.41, 5.74) is 4.07. The summed E-state index contributed by atoms with van der Waals surface area (Å²) >= 11 is 0. The van der Waals surface area contributed by atoms with Crippen molar-refractivity contribution in [3.8, 4) is 17.2 Å². The van der Waals surface area contributed by atoms with Crippen LogP contribution in [0.25, 0.3) is 11.1 Å². The highest BCUT2D eigenvalue weighted by molar-refractivity contribution is 6.01. The molecule has 0 unspecified atom stereocenters. The molecule has 1 N–H and O–H groups in total. The van der Waals surface area contributed by atoms with Crippen molar-refractivity contribution in [2.45, 2.75) is 6.54 Å². The van der Waals surface area contributed by atoms with Crippen molar-refractivity contribution in [3.63, 3.8) is 0 Å². The lowest BCUT2D eigenvalue weighted by molar-refractivity contribution is 0.0664. The molecule has 0 aromatic heterocycles. The smallest absolute Gasteiger partial charge is 0.253 e. The number of amides is 2. The number of carbonyl (C=O) groups is 2. The van der Waals surface area contributed by atoms with Crippen molar-refractivity contribution >= 4 is 11.8 Å². The lowest BCUT2D eigenvalue weighted by atomic mass is 9.95. The molecule has 6 nitrogen and oxygen atoms in total. The van der Waals surface area contributed by atoms with Crippen molar-refractivity contribution in [1.29, 1.82) is 5.26 Å². The van der Waals surface area contributed by atoms with Crippen LogP contribution < -0.4 is 5.32 Å². The molecule has 0 saturated carbocycles. The van der Waals surface area contributed by atoms with Gasteiger partial charge in [0.1, 0.15) is 0 Å². The van der Waals surface area contributed by atoms with Gasteiger partial charge in [-0.3, -0.25) is 9.59 Å². The molecule has 0 radical (unpaired) electrons. The van der Waals surface area contributed by atoms with Gasteiger partial charge in [-0.1, -0.05) is 48.5 Å². The zero-order chi connectivity index (χ0) is 23.2. The Labute approximate surface area is 194 Å². The van der Waals surface area contributed by atoms with E-state index in [0.29, 0.717) is 23.2 Å². The molecule has 3 aromatic carbocycles. The van der Waals surface area contributed by atoms with E-state index in [4.69, 9.17) is 0 Å². The number of hydrogen-bond donors (Lipinski definition) is 1. The zero-order valence-corrected chi connectivity index (χ0v) is 18.6. The Morgan fingerprint density at radius 3 is 2.21 bits per heavy atom. The number of nitriles is 1. The number of hydrogen-bond acceptors (Lipinski definition) is 4. The average molecular weight is 439 g/mol.